The number of ether oxygens (including phenoxy) is 1. The van der Waals surface area contributed by atoms with Crippen molar-refractivity contribution in [2.24, 2.45) is 0 Å². The van der Waals surface area contributed by atoms with Gasteiger partial charge in [0.05, 0.1) is 7.11 Å². The molecule has 0 aromatic heterocycles. The van der Waals surface area contributed by atoms with E-state index in [1.54, 1.807) is 7.11 Å². The molecule has 0 bridgehead atoms. The molecule has 0 radical (unpaired) electrons. The predicted molar refractivity (Wildman–Crippen MR) is 73.7 cm³/mol. The zero-order valence-electron chi connectivity index (χ0n) is 11.6. The van der Waals surface area contributed by atoms with E-state index in [-0.39, 0.29) is 0 Å². The van der Waals surface area contributed by atoms with Gasteiger partial charge in [0.25, 0.3) is 0 Å². The van der Waals surface area contributed by atoms with Crippen molar-refractivity contribution in [1.29, 1.82) is 0 Å². The highest BCUT2D eigenvalue weighted by Crippen LogP contribution is 2.25. The minimum absolute atomic E-state index is 0.897. The largest absolute Gasteiger partial charge is 0.496 e. The Kier molecular flexibility index (Phi) is 6.06. The Morgan fingerprint density at radius 3 is 2.59 bits per heavy atom. The summed E-state index contributed by atoms with van der Waals surface area (Å²) >= 11 is 0. The average Bonchev–Trinajstić information content (AvgIpc) is 2.33. The first-order chi connectivity index (χ1) is 8.20. The summed E-state index contributed by atoms with van der Waals surface area (Å²) in [4.78, 5) is 0. The zero-order chi connectivity index (χ0) is 12.7. The summed E-state index contributed by atoms with van der Waals surface area (Å²) in [5.41, 5.74) is 3.80. The van der Waals surface area contributed by atoms with Gasteiger partial charge >= 0.3 is 0 Å². The number of benzene rings is 1. The third kappa shape index (κ3) is 4.04. The van der Waals surface area contributed by atoms with Gasteiger partial charge in [0, 0.05) is 12.1 Å². The van der Waals surface area contributed by atoms with Gasteiger partial charge in [-0.05, 0) is 37.9 Å². The molecule has 0 aliphatic heterocycles. The minimum atomic E-state index is 0.897. The molecule has 0 amide bonds. The number of methoxy groups -OCH3 is 1. The summed E-state index contributed by atoms with van der Waals surface area (Å²) in [6, 6.07) is 4.33. The normalized spacial score (nSPS) is 10.6. The Hall–Kier alpha value is -1.02. The summed E-state index contributed by atoms with van der Waals surface area (Å²) in [7, 11) is 1.75. The monoisotopic (exact) mass is 235 g/mol. The van der Waals surface area contributed by atoms with Crippen LogP contribution in [0.5, 0.6) is 5.75 Å². The summed E-state index contributed by atoms with van der Waals surface area (Å²) in [6.45, 7) is 8.45. The van der Waals surface area contributed by atoms with Gasteiger partial charge in [-0.1, -0.05) is 31.9 Å². The van der Waals surface area contributed by atoms with Crippen LogP contribution in [0, 0.1) is 13.8 Å². The van der Waals surface area contributed by atoms with Crippen molar-refractivity contribution in [1.82, 2.24) is 5.32 Å². The minimum Gasteiger partial charge on any atom is -0.496 e. The lowest BCUT2D eigenvalue weighted by molar-refractivity contribution is 0.404. The second-order valence-electron chi connectivity index (χ2n) is 4.58. The molecule has 0 spiro atoms. The molecule has 0 unspecified atom stereocenters. The fourth-order valence-electron chi connectivity index (χ4n) is 1.99. The van der Waals surface area contributed by atoms with E-state index in [1.807, 2.05) is 0 Å². The van der Waals surface area contributed by atoms with Crippen LogP contribution in [0.25, 0.3) is 0 Å². The van der Waals surface area contributed by atoms with Gasteiger partial charge in [-0.15, -0.1) is 0 Å². The highest BCUT2D eigenvalue weighted by molar-refractivity contribution is 5.45. The van der Waals surface area contributed by atoms with Gasteiger partial charge in [0.1, 0.15) is 5.75 Å². The average molecular weight is 235 g/mol. The fraction of sp³-hybridized carbons (Fsp3) is 0.600. The van der Waals surface area contributed by atoms with Crippen molar-refractivity contribution in [2.45, 2.75) is 46.6 Å². The first-order valence-electron chi connectivity index (χ1n) is 6.54. The lowest BCUT2D eigenvalue weighted by Gasteiger charge is -2.14. The second kappa shape index (κ2) is 7.33. The van der Waals surface area contributed by atoms with E-state index >= 15 is 0 Å². The molecule has 1 aromatic carbocycles. The first kappa shape index (κ1) is 14.0. The Bertz CT molecular complexity index is 347. The number of rotatable bonds is 7. The molecule has 17 heavy (non-hydrogen) atoms. The molecule has 0 saturated carbocycles. The molecular weight excluding hydrogens is 210 g/mol. The van der Waals surface area contributed by atoms with Crippen molar-refractivity contribution in [3.8, 4) is 5.75 Å². The van der Waals surface area contributed by atoms with Crippen LogP contribution in [0.4, 0.5) is 0 Å². The van der Waals surface area contributed by atoms with Crippen LogP contribution < -0.4 is 10.1 Å². The molecule has 2 nitrogen and oxygen atoms in total. The van der Waals surface area contributed by atoms with Crippen molar-refractivity contribution in [3.63, 3.8) is 0 Å². The molecule has 0 aliphatic rings. The second-order valence-corrected chi connectivity index (χ2v) is 4.58. The summed E-state index contributed by atoms with van der Waals surface area (Å²) in [5, 5.41) is 3.48. The molecule has 0 atom stereocenters. The van der Waals surface area contributed by atoms with E-state index in [0.717, 1.165) is 18.8 Å². The fourth-order valence-corrected chi connectivity index (χ4v) is 1.99. The number of hydrogen-bond acceptors (Lipinski definition) is 2. The van der Waals surface area contributed by atoms with Gasteiger partial charge in [-0.3, -0.25) is 0 Å². The smallest absolute Gasteiger partial charge is 0.126 e. The molecule has 1 N–H and O–H groups in total. The van der Waals surface area contributed by atoms with Crippen molar-refractivity contribution < 1.29 is 4.74 Å². The molecule has 1 aromatic rings. The molecule has 0 heterocycles. The maximum absolute atomic E-state index is 5.50. The van der Waals surface area contributed by atoms with Gasteiger partial charge in [0.2, 0.25) is 0 Å². The van der Waals surface area contributed by atoms with E-state index in [2.05, 4.69) is 38.2 Å². The standard InChI is InChI=1S/C15H25NO/c1-5-6-7-10-16-11-14-9-8-12(2)13(3)15(14)17-4/h8-9,16H,5-7,10-11H2,1-4H3. The Morgan fingerprint density at radius 2 is 1.94 bits per heavy atom. The van der Waals surface area contributed by atoms with Crippen LogP contribution in [0.15, 0.2) is 12.1 Å². The van der Waals surface area contributed by atoms with Crippen LogP contribution >= 0.6 is 0 Å². The molecule has 0 fully saturated rings. The maximum Gasteiger partial charge on any atom is 0.126 e. The number of hydrogen-bond donors (Lipinski definition) is 1. The highest BCUT2D eigenvalue weighted by Gasteiger charge is 2.07. The lowest BCUT2D eigenvalue weighted by Crippen LogP contribution is -2.15. The highest BCUT2D eigenvalue weighted by atomic mass is 16.5. The van der Waals surface area contributed by atoms with E-state index in [4.69, 9.17) is 4.74 Å². The molecule has 96 valence electrons. The van der Waals surface area contributed by atoms with E-state index in [0.29, 0.717) is 0 Å². The molecule has 0 aliphatic carbocycles. The van der Waals surface area contributed by atoms with Crippen LogP contribution in [0.1, 0.15) is 42.9 Å². The Balaban J connectivity index is 2.56. The van der Waals surface area contributed by atoms with Crippen LogP contribution in [0.3, 0.4) is 0 Å². The third-order valence-electron chi connectivity index (χ3n) is 3.23. The van der Waals surface area contributed by atoms with Gasteiger partial charge < -0.3 is 10.1 Å². The van der Waals surface area contributed by atoms with E-state index < -0.39 is 0 Å². The van der Waals surface area contributed by atoms with Gasteiger partial charge in [-0.2, -0.15) is 0 Å². The summed E-state index contributed by atoms with van der Waals surface area (Å²) < 4.78 is 5.50. The van der Waals surface area contributed by atoms with E-state index in [1.165, 1.54) is 36.0 Å². The lowest BCUT2D eigenvalue weighted by atomic mass is 10.0. The molecule has 1 rings (SSSR count). The first-order valence-corrected chi connectivity index (χ1v) is 6.54. The van der Waals surface area contributed by atoms with Crippen LogP contribution in [-0.4, -0.2) is 13.7 Å². The Morgan fingerprint density at radius 1 is 1.18 bits per heavy atom. The zero-order valence-corrected chi connectivity index (χ0v) is 11.6. The molecule has 2 heteroatoms. The third-order valence-corrected chi connectivity index (χ3v) is 3.23. The van der Waals surface area contributed by atoms with Gasteiger partial charge in [-0.25, -0.2) is 0 Å². The molecular formula is C15H25NO. The Labute approximate surface area is 105 Å². The van der Waals surface area contributed by atoms with Crippen molar-refractivity contribution in [3.05, 3.63) is 28.8 Å². The maximum atomic E-state index is 5.50. The summed E-state index contributed by atoms with van der Waals surface area (Å²) in [6.07, 6.45) is 3.83. The van der Waals surface area contributed by atoms with Crippen molar-refractivity contribution >= 4 is 0 Å². The number of nitrogens with one attached hydrogen (secondary N) is 1. The number of unbranched alkanes of at least 4 members (excludes halogenated alkanes) is 2. The predicted octanol–water partition coefficient (Wildman–Crippen LogP) is 3.59. The van der Waals surface area contributed by atoms with Crippen molar-refractivity contribution in [2.75, 3.05) is 13.7 Å². The topological polar surface area (TPSA) is 21.3 Å². The quantitative estimate of drug-likeness (QED) is 0.729. The van der Waals surface area contributed by atoms with Crippen LogP contribution in [0.2, 0.25) is 0 Å². The number of aryl methyl sites for hydroxylation is 1. The summed E-state index contributed by atoms with van der Waals surface area (Å²) in [5.74, 6) is 1.04. The van der Waals surface area contributed by atoms with Crippen LogP contribution in [-0.2, 0) is 6.54 Å². The molecule has 0 saturated heterocycles. The van der Waals surface area contributed by atoms with E-state index in [9.17, 15) is 0 Å². The van der Waals surface area contributed by atoms with Gasteiger partial charge in [0.15, 0.2) is 0 Å². The SMILES string of the molecule is CCCCCNCc1ccc(C)c(C)c1OC.